The van der Waals surface area contributed by atoms with E-state index in [0.717, 1.165) is 0 Å². The van der Waals surface area contributed by atoms with Gasteiger partial charge in [0, 0.05) is 5.56 Å². The van der Waals surface area contributed by atoms with Gasteiger partial charge in [-0.3, -0.25) is 4.57 Å². The monoisotopic (exact) mass is 383 g/mol. The molecule has 1 atom stereocenters. The molecule has 9 heteroatoms. The topological polar surface area (TPSA) is 100 Å². The number of halogens is 1. The Morgan fingerprint density at radius 1 is 1.21 bits per heavy atom. The molecule has 0 saturated heterocycles. The maximum atomic E-state index is 13.0. The number of rotatable bonds is 5. The Bertz CT molecular complexity index is 1190. The number of hydrogen-bond donors (Lipinski definition) is 0. The zero-order valence-electron chi connectivity index (χ0n) is 14.7. The SMILES string of the molecule is CC(C(=O)OCc1noc(-c2ccc(F)cc2)n1)n1c(=O)oc2ccccc21. The number of nitrogens with zero attached hydrogens (tertiary/aromatic N) is 3. The van der Waals surface area contributed by atoms with Gasteiger partial charge >= 0.3 is 11.7 Å². The molecule has 0 radical (unpaired) electrons. The average Bonchev–Trinajstić information content (AvgIpc) is 3.29. The number of oxazole rings is 1. The molecular weight excluding hydrogens is 369 g/mol. The number of carbonyl (C=O) groups is 1. The van der Waals surface area contributed by atoms with Gasteiger partial charge in [-0.25, -0.2) is 14.0 Å². The van der Waals surface area contributed by atoms with E-state index in [1.165, 1.54) is 35.8 Å². The van der Waals surface area contributed by atoms with Crippen LogP contribution in [0.1, 0.15) is 18.8 Å². The van der Waals surface area contributed by atoms with Gasteiger partial charge in [-0.1, -0.05) is 17.3 Å². The summed E-state index contributed by atoms with van der Waals surface area (Å²) < 4.78 is 29.6. The smallest absolute Gasteiger partial charge is 0.420 e. The first-order valence-corrected chi connectivity index (χ1v) is 8.38. The van der Waals surface area contributed by atoms with Gasteiger partial charge in [0.05, 0.1) is 5.52 Å². The minimum Gasteiger partial charge on any atom is -0.456 e. The van der Waals surface area contributed by atoms with Crippen LogP contribution in [-0.2, 0) is 16.1 Å². The average molecular weight is 383 g/mol. The highest BCUT2D eigenvalue weighted by molar-refractivity contribution is 5.79. The Morgan fingerprint density at radius 3 is 2.75 bits per heavy atom. The summed E-state index contributed by atoms with van der Waals surface area (Å²) >= 11 is 0. The van der Waals surface area contributed by atoms with E-state index in [1.807, 2.05) is 0 Å². The lowest BCUT2D eigenvalue weighted by Crippen LogP contribution is -2.26. The van der Waals surface area contributed by atoms with Crippen molar-refractivity contribution in [2.45, 2.75) is 19.6 Å². The van der Waals surface area contributed by atoms with Crippen LogP contribution >= 0.6 is 0 Å². The fourth-order valence-electron chi connectivity index (χ4n) is 2.73. The number of fused-ring (bicyclic) bond motifs is 1. The van der Waals surface area contributed by atoms with E-state index in [4.69, 9.17) is 13.7 Å². The molecule has 0 N–H and O–H groups in total. The highest BCUT2D eigenvalue weighted by atomic mass is 19.1. The first kappa shape index (κ1) is 17.7. The number of ether oxygens (including phenoxy) is 1. The van der Waals surface area contributed by atoms with Crippen LogP contribution in [0.15, 0.2) is 62.3 Å². The summed E-state index contributed by atoms with van der Waals surface area (Å²) in [6, 6.07) is 11.4. The third kappa shape index (κ3) is 3.29. The van der Waals surface area contributed by atoms with Crippen LogP contribution in [0.3, 0.4) is 0 Å². The Kier molecular flexibility index (Phi) is 4.48. The van der Waals surface area contributed by atoms with Crippen molar-refractivity contribution >= 4 is 17.1 Å². The highest BCUT2D eigenvalue weighted by Gasteiger charge is 2.23. The summed E-state index contributed by atoms with van der Waals surface area (Å²) in [4.78, 5) is 28.5. The van der Waals surface area contributed by atoms with E-state index >= 15 is 0 Å². The van der Waals surface area contributed by atoms with Gasteiger partial charge in [-0.15, -0.1) is 0 Å². The van der Waals surface area contributed by atoms with Crippen LogP contribution < -0.4 is 5.76 Å². The van der Waals surface area contributed by atoms with Crippen molar-refractivity contribution in [1.82, 2.24) is 14.7 Å². The van der Waals surface area contributed by atoms with E-state index in [-0.39, 0.29) is 24.1 Å². The molecular formula is C19H14FN3O5. The number of esters is 1. The van der Waals surface area contributed by atoms with Crippen molar-refractivity contribution in [3.8, 4) is 11.5 Å². The number of carbonyl (C=O) groups excluding carboxylic acids is 1. The molecule has 1 unspecified atom stereocenters. The Balaban J connectivity index is 1.46. The first-order valence-electron chi connectivity index (χ1n) is 8.38. The zero-order chi connectivity index (χ0) is 19.7. The predicted octanol–water partition coefficient (Wildman–Crippen LogP) is 3.09. The second-order valence-corrected chi connectivity index (χ2v) is 6.01. The largest absolute Gasteiger partial charge is 0.456 e. The maximum Gasteiger partial charge on any atom is 0.420 e. The quantitative estimate of drug-likeness (QED) is 0.488. The number of aromatic nitrogens is 3. The standard InChI is InChI=1S/C19H14FN3O5/c1-11(23-14-4-2-3-5-15(14)27-19(23)25)18(24)26-10-16-21-17(28-22-16)12-6-8-13(20)9-7-12/h2-9,11H,10H2,1H3. The van der Waals surface area contributed by atoms with Crippen molar-refractivity contribution in [2.24, 2.45) is 0 Å². The fourth-order valence-corrected chi connectivity index (χ4v) is 2.73. The van der Waals surface area contributed by atoms with Crippen molar-refractivity contribution in [3.63, 3.8) is 0 Å². The predicted molar refractivity (Wildman–Crippen MR) is 94.7 cm³/mol. The maximum absolute atomic E-state index is 13.0. The van der Waals surface area contributed by atoms with Gasteiger partial charge in [0.25, 0.3) is 5.89 Å². The van der Waals surface area contributed by atoms with Gasteiger partial charge in [-0.2, -0.15) is 4.98 Å². The molecule has 0 fully saturated rings. The Morgan fingerprint density at radius 2 is 1.96 bits per heavy atom. The van der Waals surface area contributed by atoms with Crippen molar-refractivity contribution in [1.29, 1.82) is 0 Å². The van der Waals surface area contributed by atoms with Gasteiger partial charge in [0.1, 0.15) is 11.9 Å². The van der Waals surface area contributed by atoms with Crippen molar-refractivity contribution in [2.75, 3.05) is 0 Å². The molecule has 28 heavy (non-hydrogen) atoms. The molecule has 4 rings (SSSR count). The summed E-state index contributed by atoms with van der Waals surface area (Å²) in [6.45, 7) is 1.30. The summed E-state index contributed by atoms with van der Waals surface area (Å²) in [5, 5.41) is 3.73. The number of hydrogen-bond acceptors (Lipinski definition) is 7. The summed E-state index contributed by atoms with van der Waals surface area (Å²) in [6.07, 6.45) is 0. The summed E-state index contributed by atoms with van der Waals surface area (Å²) in [7, 11) is 0. The van der Waals surface area contributed by atoms with E-state index in [1.54, 1.807) is 24.3 Å². The lowest BCUT2D eigenvalue weighted by Gasteiger charge is -2.11. The van der Waals surface area contributed by atoms with Crippen LogP contribution in [0.4, 0.5) is 4.39 Å². The first-order chi connectivity index (χ1) is 13.5. The third-order valence-electron chi connectivity index (χ3n) is 4.15. The van der Waals surface area contributed by atoms with Gasteiger partial charge < -0.3 is 13.7 Å². The number of para-hydroxylation sites is 2. The minimum absolute atomic E-state index is 0.143. The molecule has 2 heterocycles. The fraction of sp³-hybridized carbons (Fsp3) is 0.158. The Hall–Kier alpha value is -3.75. The van der Waals surface area contributed by atoms with Crippen LogP contribution in [-0.4, -0.2) is 20.7 Å². The van der Waals surface area contributed by atoms with E-state index in [0.29, 0.717) is 16.7 Å². The van der Waals surface area contributed by atoms with Gasteiger partial charge in [-0.05, 0) is 43.3 Å². The molecule has 0 spiro atoms. The van der Waals surface area contributed by atoms with Gasteiger partial charge in [0.2, 0.25) is 5.82 Å². The highest BCUT2D eigenvalue weighted by Crippen LogP contribution is 2.19. The second-order valence-electron chi connectivity index (χ2n) is 6.01. The molecule has 0 amide bonds. The normalized spacial score (nSPS) is 12.2. The molecule has 142 valence electrons. The van der Waals surface area contributed by atoms with E-state index in [9.17, 15) is 14.0 Å². The molecule has 8 nitrogen and oxygen atoms in total. The minimum atomic E-state index is -0.903. The third-order valence-corrected chi connectivity index (χ3v) is 4.15. The molecule has 2 aromatic carbocycles. The van der Waals surface area contributed by atoms with Crippen LogP contribution in [0.5, 0.6) is 0 Å². The zero-order valence-corrected chi connectivity index (χ0v) is 14.7. The molecule has 0 bridgehead atoms. The molecule has 0 aliphatic rings. The Labute approximate surface area is 157 Å². The molecule has 0 aliphatic carbocycles. The van der Waals surface area contributed by atoms with Crippen LogP contribution in [0.25, 0.3) is 22.6 Å². The van der Waals surface area contributed by atoms with Crippen molar-refractivity contribution < 1.29 is 22.9 Å². The summed E-state index contributed by atoms with van der Waals surface area (Å²) in [5.41, 5.74) is 1.42. The number of benzene rings is 2. The van der Waals surface area contributed by atoms with Crippen LogP contribution in [0, 0.1) is 5.82 Å². The molecule has 4 aromatic rings. The van der Waals surface area contributed by atoms with Crippen LogP contribution in [0.2, 0.25) is 0 Å². The molecule has 0 aliphatic heterocycles. The van der Waals surface area contributed by atoms with E-state index < -0.39 is 17.8 Å². The lowest BCUT2D eigenvalue weighted by molar-refractivity contribution is -0.148. The molecule has 2 aromatic heterocycles. The summed E-state index contributed by atoms with van der Waals surface area (Å²) in [5.74, 6) is -1.36. The van der Waals surface area contributed by atoms with Gasteiger partial charge in [0.15, 0.2) is 12.2 Å². The van der Waals surface area contributed by atoms with Crippen molar-refractivity contribution in [3.05, 3.63) is 70.7 Å². The lowest BCUT2D eigenvalue weighted by atomic mass is 10.2. The molecule has 0 saturated carbocycles. The van der Waals surface area contributed by atoms with E-state index in [2.05, 4.69) is 10.1 Å². The second kappa shape index (κ2) is 7.10.